The number of thiophene rings is 1. The first-order valence-corrected chi connectivity index (χ1v) is 6.63. The van der Waals surface area contributed by atoms with Crippen LogP contribution in [0.3, 0.4) is 0 Å². The predicted octanol–water partition coefficient (Wildman–Crippen LogP) is 2.48. The molecule has 0 saturated carbocycles. The summed E-state index contributed by atoms with van der Waals surface area (Å²) in [6, 6.07) is 2.00. The summed E-state index contributed by atoms with van der Waals surface area (Å²) >= 11 is 5.06. The number of aromatic nitrogens is 2. The van der Waals surface area contributed by atoms with Gasteiger partial charge in [-0.15, -0.1) is 11.3 Å². The van der Waals surface area contributed by atoms with Gasteiger partial charge in [0.25, 0.3) is 0 Å². The van der Waals surface area contributed by atoms with Crippen LogP contribution in [-0.4, -0.2) is 13.9 Å². The zero-order chi connectivity index (χ0) is 9.97. The molecule has 74 valence electrons. The van der Waals surface area contributed by atoms with E-state index < -0.39 is 6.10 Å². The monoisotopic (exact) mass is 338 g/mol. The maximum Gasteiger partial charge on any atom is 0.0854 e. The van der Waals surface area contributed by atoms with Crippen LogP contribution in [0.4, 0.5) is 0 Å². The molecule has 0 bridgehead atoms. The topological polar surface area (TPSA) is 46.0 Å². The molecule has 2 aromatic rings. The summed E-state index contributed by atoms with van der Waals surface area (Å²) in [5, 5.41) is 11.8. The van der Waals surface area contributed by atoms with Crippen molar-refractivity contribution in [1.82, 2.24) is 8.75 Å². The van der Waals surface area contributed by atoms with E-state index in [1.54, 1.807) is 17.5 Å². The van der Waals surface area contributed by atoms with E-state index in [9.17, 15) is 5.11 Å². The highest BCUT2D eigenvalue weighted by Gasteiger charge is 2.11. The third-order valence-corrected chi connectivity index (χ3v) is 4.11. The number of hydrogen-bond donors (Lipinski definition) is 1. The molecule has 3 nitrogen and oxygen atoms in total. The smallest absolute Gasteiger partial charge is 0.0854 e. The predicted molar refractivity (Wildman–Crippen MR) is 65.6 cm³/mol. The molecule has 0 aliphatic heterocycles. The first kappa shape index (κ1) is 10.5. The largest absolute Gasteiger partial charge is 0.388 e. The second-order valence-corrected chi connectivity index (χ2v) is 6.16. The first-order chi connectivity index (χ1) is 6.75. The van der Waals surface area contributed by atoms with Gasteiger partial charge in [0.15, 0.2) is 0 Å². The van der Waals surface area contributed by atoms with E-state index in [1.807, 2.05) is 11.4 Å². The van der Waals surface area contributed by atoms with Gasteiger partial charge in [-0.1, -0.05) is 0 Å². The Bertz CT molecular complexity index is 401. The number of aliphatic hydroxyl groups excluding tert-OH is 1. The normalized spacial score (nSPS) is 13.0. The second kappa shape index (κ2) is 4.65. The summed E-state index contributed by atoms with van der Waals surface area (Å²) in [6.07, 6.45) is 1.79. The lowest BCUT2D eigenvalue weighted by Crippen LogP contribution is -2.00. The lowest BCUT2D eigenvalue weighted by Gasteiger charge is -2.05. The highest BCUT2D eigenvalue weighted by Crippen LogP contribution is 2.24. The maximum atomic E-state index is 9.85. The van der Waals surface area contributed by atoms with E-state index in [-0.39, 0.29) is 0 Å². The molecule has 0 fully saturated rings. The molecule has 14 heavy (non-hydrogen) atoms. The van der Waals surface area contributed by atoms with Gasteiger partial charge in [-0.25, -0.2) is 0 Å². The van der Waals surface area contributed by atoms with Gasteiger partial charge in [-0.05, 0) is 39.6 Å². The average molecular weight is 338 g/mol. The minimum Gasteiger partial charge on any atom is -0.388 e. The molecule has 1 N–H and O–H groups in total. The Morgan fingerprint density at radius 1 is 1.57 bits per heavy atom. The Labute approximate surface area is 103 Å². The van der Waals surface area contributed by atoms with Gasteiger partial charge < -0.3 is 5.11 Å². The molecule has 0 radical (unpaired) electrons. The van der Waals surface area contributed by atoms with Crippen LogP contribution in [-0.2, 0) is 6.42 Å². The summed E-state index contributed by atoms with van der Waals surface area (Å²) < 4.78 is 9.14. The lowest BCUT2D eigenvalue weighted by atomic mass is 10.1. The van der Waals surface area contributed by atoms with E-state index >= 15 is 0 Å². The Hall–Kier alpha value is -0.0500. The standard InChI is InChI=1S/C8H7IN2OS2/c9-8-1-5(4-13-8)7(12)2-6-3-10-14-11-6/h1,3-4,7,12H,2H2. The molecule has 0 aliphatic rings. The highest BCUT2D eigenvalue weighted by atomic mass is 127. The van der Waals surface area contributed by atoms with Crippen molar-refractivity contribution in [2.45, 2.75) is 12.5 Å². The van der Waals surface area contributed by atoms with Crippen molar-refractivity contribution in [3.05, 3.63) is 31.8 Å². The highest BCUT2D eigenvalue weighted by molar-refractivity contribution is 14.1. The van der Waals surface area contributed by atoms with Crippen LogP contribution < -0.4 is 0 Å². The van der Waals surface area contributed by atoms with Crippen molar-refractivity contribution in [1.29, 1.82) is 0 Å². The van der Waals surface area contributed by atoms with Crippen molar-refractivity contribution in [3.8, 4) is 0 Å². The van der Waals surface area contributed by atoms with Gasteiger partial charge >= 0.3 is 0 Å². The molecule has 2 heterocycles. The Balaban J connectivity index is 2.06. The van der Waals surface area contributed by atoms with Crippen LogP contribution in [0.15, 0.2) is 17.6 Å². The van der Waals surface area contributed by atoms with Crippen LogP contribution in [0.1, 0.15) is 17.4 Å². The molecule has 6 heteroatoms. The van der Waals surface area contributed by atoms with Crippen LogP contribution in [0, 0.1) is 2.88 Å². The summed E-state index contributed by atoms with van der Waals surface area (Å²) in [6.45, 7) is 0. The molecule has 2 aromatic heterocycles. The summed E-state index contributed by atoms with van der Waals surface area (Å²) in [7, 11) is 0. The van der Waals surface area contributed by atoms with E-state index in [4.69, 9.17) is 0 Å². The first-order valence-electron chi connectivity index (χ1n) is 3.94. The Morgan fingerprint density at radius 2 is 2.43 bits per heavy atom. The van der Waals surface area contributed by atoms with Crippen molar-refractivity contribution in [2.24, 2.45) is 0 Å². The molecule has 0 amide bonds. The zero-order valence-electron chi connectivity index (χ0n) is 7.05. The fourth-order valence-electron chi connectivity index (χ4n) is 1.09. The minimum atomic E-state index is -0.460. The SMILES string of the molecule is OC(Cc1cnsn1)c1csc(I)c1. The van der Waals surface area contributed by atoms with Crippen molar-refractivity contribution in [3.63, 3.8) is 0 Å². The van der Waals surface area contributed by atoms with E-state index in [2.05, 4.69) is 31.3 Å². The number of hydrogen-bond acceptors (Lipinski definition) is 5. The average Bonchev–Trinajstić information content (AvgIpc) is 2.75. The summed E-state index contributed by atoms with van der Waals surface area (Å²) in [5.41, 5.74) is 1.82. The third kappa shape index (κ3) is 2.50. The molecule has 0 spiro atoms. The Kier molecular flexibility index (Phi) is 3.47. The van der Waals surface area contributed by atoms with Gasteiger partial charge in [0.05, 0.1) is 32.6 Å². The van der Waals surface area contributed by atoms with Crippen molar-refractivity contribution >= 4 is 45.7 Å². The summed E-state index contributed by atoms with van der Waals surface area (Å²) in [5.74, 6) is 0. The summed E-state index contributed by atoms with van der Waals surface area (Å²) in [4.78, 5) is 0. The quantitative estimate of drug-likeness (QED) is 0.875. The number of nitrogens with zero attached hydrogens (tertiary/aromatic N) is 2. The molecular weight excluding hydrogens is 331 g/mol. The lowest BCUT2D eigenvalue weighted by molar-refractivity contribution is 0.178. The molecular formula is C8H7IN2OS2. The van der Waals surface area contributed by atoms with Gasteiger partial charge in [-0.3, -0.25) is 0 Å². The van der Waals surface area contributed by atoms with Gasteiger partial charge in [-0.2, -0.15) is 8.75 Å². The van der Waals surface area contributed by atoms with Gasteiger partial charge in [0, 0.05) is 6.42 Å². The van der Waals surface area contributed by atoms with Crippen LogP contribution >= 0.6 is 45.7 Å². The molecule has 0 aliphatic carbocycles. The molecule has 2 rings (SSSR count). The number of halogens is 1. The van der Waals surface area contributed by atoms with E-state index in [0.29, 0.717) is 6.42 Å². The minimum absolute atomic E-state index is 0.460. The maximum absolute atomic E-state index is 9.85. The van der Waals surface area contributed by atoms with E-state index in [0.717, 1.165) is 11.3 Å². The Morgan fingerprint density at radius 3 is 3.00 bits per heavy atom. The second-order valence-electron chi connectivity index (χ2n) is 2.80. The van der Waals surface area contributed by atoms with Crippen molar-refractivity contribution in [2.75, 3.05) is 0 Å². The van der Waals surface area contributed by atoms with Crippen molar-refractivity contribution < 1.29 is 5.11 Å². The van der Waals surface area contributed by atoms with Crippen LogP contribution in [0.2, 0.25) is 0 Å². The zero-order valence-corrected chi connectivity index (χ0v) is 10.8. The third-order valence-electron chi connectivity index (χ3n) is 1.78. The van der Waals surface area contributed by atoms with E-state index in [1.165, 1.54) is 14.6 Å². The van der Waals surface area contributed by atoms with Crippen LogP contribution in [0.5, 0.6) is 0 Å². The molecule has 1 unspecified atom stereocenters. The number of aliphatic hydroxyl groups is 1. The molecule has 0 aromatic carbocycles. The fraction of sp³-hybridized carbons (Fsp3) is 0.250. The molecule has 0 saturated heterocycles. The van der Waals surface area contributed by atoms with Gasteiger partial charge in [0.1, 0.15) is 0 Å². The van der Waals surface area contributed by atoms with Gasteiger partial charge in [0.2, 0.25) is 0 Å². The fourth-order valence-corrected chi connectivity index (χ4v) is 2.95. The number of rotatable bonds is 3. The van der Waals surface area contributed by atoms with Crippen LogP contribution in [0.25, 0.3) is 0 Å². The molecule has 1 atom stereocenters.